The van der Waals surface area contributed by atoms with Gasteiger partial charge in [0.25, 0.3) is 5.56 Å². The van der Waals surface area contributed by atoms with Crippen LogP contribution in [0.2, 0.25) is 10.0 Å². The molecule has 0 aliphatic heterocycles. The average molecular weight is 381 g/mol. The highest BCUT2D eigenvalue weighted by molar-refractivity contribution is 7.99. The Labute approximate surface area is 150 Å². The molecule has 0 saturated carbocycles. The molecular weight excluding hydrogens is 371 g/mol. The molecule has 0 unspecified atom stereocenters. The summed E-state index contributed by atoms with van der Waals surface area (Å²) in [5.74, 6) is -1.12. The molecule has 122 valence electrons. The molecule has 0 bridgehead atoms. The normalized spacial score (nSPS) is 10.9. The van der Waals surface area contributed by atoms with Crippen molar-refractivity contribution in [3.63, 3.8) is 0 Å². The molecule has 3 aromatic rings. The first-order valence-corrected chi connectivity index (χ1v) is 8.36. The summed E-state index contributed by atoms with van der Waals surface area (Å²) in [7, 11) is 0. The molecule has 1 heterocycles. The van der Waals surface area contributed by atoms with Crippen molar-refractivity contribution in [2.24, 2.45) is 0 Å². The van der Waals surface area contributed by atoms with Gasteiger partial charge >= 0.3 is 5.97 Å². The topological polar surface area (TPSA) is 72.2 Å². The molecule has 0 atom stereocenters. The first kappa shape index (κ1) is 16.8. The van der Waals surface area contributed by atoms with E-state index < -0.39 is 18.1 Å². The molecule has 0 spiro atoms. The summed E-state index contributed by atoms with van der Waals surface area (Å²) in [5.41, 5.74) is 0.402. The highest BCUT2D eigenvalue weighted by Gasteiger charge is 2.15. The van der Waals surface area contributed by atoms with Gasteiger partial charge in [0.15, 0.2) is 5.03 Å². The van der Waals surface area contributed by atoms with Gasteiger partial charge in [-0.1, -0.05) is 35.0 Å². The number of carboxylic acids is 1. The van der Waals surface area contributed by atoms with E-state index in [9.17, 15) is 9.59 Å². The average Bonchev–Trinajstić information content (AvgIpc) is 2.54. The maximum atomic E-state index is 12.6. The second-order valence-electron chi connectivity index (χ2n) is 4.89. The van der Waals surface area contributed by atoms with Crippen LogP contribution in [0.5, 0.6) is 0 Å². The van der Waals surface area contributed by atoms with E-state index in [2.05, 4.69) is 4.98 Å². The van der Waals surface area contributed by atoms with Crippen molar-refractivity contribution >= 4 is 52.0 Å². The molecule has 0 radical (unpaired) electrons. The largest absolute Gasteiger partial charge is 0.480 e. The van der Waals surface area contributed by atoms with Gasteiger partial charge in [0.1, 0.15) is 6.54 Å². The predicted molar refractivity (Wildman–Crippen MR) is 94.2 cm³/mol. The molecular formula is C16H10Cl2N2O3S. The van der Waals surface area contributed by atoms with Crippen LogP contribution in [0.3, 0.4) is 0 Å². The van der Waals surface area contributed by atoms with E-state index in [1.165, 1.54) is 6.07 Å². The summed E-state index contributed by atoms with van der Waals surface area (Å²) in [5, 5.41) is 10.3. The SMILES string of the molecule is O=C(O)Cn1c(=O)c(Sc2ccc(Cl)cc2)nc2ccc(Cl)cc21. The number of fused-ring (bicyclic) bond motifs is 1. The van der Waals surface area contributed by atoms with Crippen LogP contribution in [0.15, 0.2) is 57.2 Å². The first-order valence-electron chi connectivity index (χ1n) is 6.79. The van der Waals surface area contributed by atoms with Gasteiger partial charge in [-0.15, -0.1) is 0 Å². The van der Waals surface area contributed by atoms with Crippen LogP contribution < -0.4 is 5.56 Å². The highest BCUT2D eigenvalue weighted by Crippen LogP contribution is 2.27. The lowest BCUT2D eigenvalue weighted by molar-refractivity contribution is -0.137. The molecule has 24 heavy (non-hydrogen) atoms. The van der Waals surface area contributed by atoms with Crippen molar-refractivity contribution in [2.45, 2.75) is 16.5 Å². The predicted octanol–water partition coefficient (Wildman–Crippen LogP) is 3.94. The van der Waals surface area contributed by atoms with Crippen LogP contribution in [-0.2, 0) is 11.3 Å². The Morgan fingerprint density at radius 3 is 2.46 bits per heavy atom. The lowest BCUT2D eigenvalue weighted by Crippen LogP contribution is -2.26. The van der Waals surface area contributed by atoms with Gasteiger partial charge < -0.3 is 5.11 Å². The molecule has 0 aliphatic rings. The van der Waals surface area contributed by atoms with Crippen molar-refractivity contribution < 1.29 is 9.90 Å². The third kappa shape index (κ3) is 3.56. The van der Waals surface area contributed by atoms with E-state index >= 15 is 0 Å². The summed E-state index contributed by atoms with van der Waals surface area (Å²) in [6.07, 6.45) is 0. The summed E-state index contributed by atoms with van der Waals surface area (Å²) in [6.45, 7) is -0.466. The molecule has 3 rings (SSSR count). The number of hydrogen-bond acceptors (Lipinski definition) is 4. The molecule has 2 aromatic carbocycles. The fourth-order valence-corrected chi connectivity index (χ4v) is 3.29. The highest BCUT2D eigenvalue weighted by atomic mass is 35.5. The summed E-state index contributed by atoms with van der Waals surface area (Å²) >= 11 is 13.0. The number of nitrogens with zero attached hydrogens (tertiary/aromatic N) is 2. The Kier molecular flexibility index (Phi) is 4.80. The van der Waals surface area contributed by atoms with Gasteiger partial charge in [-0.05, 0) is 42.5 Å². The quantitative estimate of drug-likeness (QED) is 0.741. The van der Waals surface area contributed by atoms with Gasteiger partial charge in [-0.2, -0.15) is 0 Å². The minimum absolute atomic E-state index is 0.188. The molecule has 1 aromatic heterocycles. The molecule has 0 fully saturated rings. The second-order valence-corrected chi connectivity index (χ2v) is 6.83. The lowest BCUT2D eigenvalue weighted by atomic mass is 10.3. The van der Waals surface area contributed by atoms with Crippen molar-refractivity contribution in [3.8, 4) is 0 Å². The standard InChI is InChI=1S/C16H10Cl2N2O3S/c17-9-1-4-11(5-2-9)24-15-16(23)20(8-14(21)22)13-7-10(18)3-6-12(13)19-15/h1-7H,8H2,(H,21,22). The van der Waals surface area contributed by atoms with Crippen LogP contribution in [0.25, 0.3) is 11.0 Å². The Morgan fingerprint density at radius 1 is 1.12 bits per heavy atom. The third-order valence-corrected chi connectivity index (χ3v) is 4.65. The molecule has 0 saturated heterocycles. The smallest absolute Gasteiger partial charge is 0.323 e. The molecule has 1 N–H and O–H groups in total. The van der Waals surface area contributed by atoms with Gasteiger partial charge in [-0.3, -0.25) is 14.2 Å². The number of benzene rings is 2. The number of carbonyl (C=O) groups is 1. The number of aliphatic carboxylic acids is 1. The lowest BCUT2D eigenvalue weighted by Gasteiger charge is -2.10. The summed E-state index contributed by atoms with van der Waals surface area (Å²) in [6, 6.07) is 11.8. The van der Waals surface area contributed by atoms with Crippen LogP contribution in [-0.4, -0.2) is 20.6 Å². The number of hydrogen-bond donors (Lipinski definition) is 1. The van der Waals surface area contributed by atoms with E-state index in [0.29, 0.717) is 21.1 Å². The van der Waals surface area contributed by atoms with Gasteiger partial charge in [0.2, 0.25) is 0 Å². The monoisotopic (exact) mass is 380 g/mol. The van der Waals surface area contributed by atoms with E-state index in [-0.39, 0.29) is 5.03 Å². The number of carboxylic acid groups (broad SMARTS) is 1. The zero-order chi connectivity index (χ0) is 17.3. The van der Waals surface area contributed by atoms with Crippen LogP contribution in [0, 0.1) is 0 Å². The molecule has 8 heteroatoms. The van der Waals surface area contributed by atoms with Crippen LogP contribution in [0.1, 0.15) is 0 Å². The Bertz CT molecular complexity index is 987. The third-order valence-electron chi connectivity index (χ3n) is 3.20. The molecule has 5 nitrogen and oxygen atoms in total. The summed E-state index contributed by atoms with van der Waals surface area (Å²) < 4.78 is 1.16. The van der Waals surface area contributed by atoms with Crippen LogP contribution >= 0.6 is 35.0 Å². The Hall–Kier alpha value is -2.02. The minimum atomic E-state index is -1.12. The van der Waals surface area contributed by atoms with Crippen molar-refractivity contribution in [2.75, 3.05) is 0 Å². The molecule has 0 amide bonds. The van der Waals surface area contributed by atoms with Gasteiger partial charge in [0, 0.05) is 14.9 Å². The van der Waals surface area contributed by atoms with Gasteiger partial charge in [0.05, 0.1) is 11.0 Å². The fourth-order valence-electron chi connectivity index (χ4n) is 2.16. The zero-order valence-corrected chi connectivity index (χ0v) is 14.4. The number of rotatable bonds is 4. The van der Waals surface area contributed by atoms with Gasteiger partial charge in [-0.25, -0.2) is 4.98 Å². The van der Waals surface area contributed by atoms with Crippen molar-refractivity contribution in [1.82, 2.24) is 9.55 Å². The maximum absolute atomic E-state index is 12.6. The number of halogens is 2. The van der Waals surface area contributed by atoms with E-state index in [1.54, 1.807) is 36.4 Å². The fraction of sp³-hybridized carbons (Fsp3) is 0.0625. The summed E-state index contributed by atoms with van der Waals surface area (Å²) in [4.78, 5) is 28.9. The van der Waals surface area contributed by atoms with E-state index in [0.717, 1.165) is 21.2 Å². The Balaban J connectivity index is 2.16. The van der Waals surface area contributed by atoms with Crippen molar-refractivity contribution in [3.05, 3.63) is 62.9 Å². The Morgan fingerprint density at radius 2 is 1.79 bits per heavy atom. The first-order chi connectivity index (χ1) is 11.4. The maximum Gasteiger partial charge on any atom is 0.323 e. The number of aromatic nitrogens is 2. The van der Waals surface area contributed by atoms with E-state index in [4.69, 9.17) is 28.3 Å². The van der Waals surface area contributed by atoms with Crippen molar-refractivity contribution in [1.29, 1.82) is 0 Å². The minimum Gasteiger partial charge on any atom is -0.480 e. The van der Waals surface area contributed by atoms with Crippen LogP contribution in [0.4, 0.5) is 0 Å². The van der Waals surface area contributed by atoms with E-state index in [1.807, 2.05) is 0 Å². The zero-order valence-electron chi connectivity index (χ0n) is 12.1. The molecule has 0 aliphatic carbocycles. The second kappa shape index (κ2) is 6.84.